The van der Waals surface area contributed by atoms with Gasteiger partial charge in [-0.3, -0.25) is 0 Å². The van der Waals surface area contributed by atoms with Crippen LogP contribution in [0, 0.1) is 0 Å². The summed E-state index contributed by atoms with van der Waals surface area (Å²) >= 11 is 0. The van der Waals surface area contributed by atoms with E-state index in [4.69, 9.17) is 4.43 Å². The minimum atomic E-state index is -2.13. The summed E-state index contributed by atoms with van der Waals surface area (Å²) in [6.45, 7) is 12.4. The van der Waals surface area contributed by atoms with Crippen LogP contribution in [-0.2, 0) is 4.43 Å². The Kier molecular flexibility index (Phi) is 8.12. The minimum absolute atomic E-state index is 0.136. The third-order valence-corrected chi connectivity index (χ3v) is 15.0. The minimum Gasteiger partial charge on any atom is -0.546 e. The van der Waals surface area contributed by atoms with Gasteiger partial charge in [0, 0.05) is 0 Å². The first kappa shape index (κ1) is 18.8. The highest BCUT2D eigenvalue weighted by molar-refractivity contribution is 6.87. The van der Waals surface area contributed by atoms with E-state index in [1.165, 1.54) is 0 Å². The Morgan fingerprint density at radius 2 is 1.11 bits per heavy atom. The molecule has 0 aromatic rings. The second kappa shape index (κ2) is 8.19. The van der Waals surface area contributed by atoms with Crippen LogP contribution in [0.15, 0.2) is 11.5 Å². The molecule has 0 heterocycles. The molecular formula is C14H30F2OSi2. The molecule has 1 nitrogen and oxygen atoms in total. The molecule has 0 aromatic carbocycles. The van der Waals surface area contributed by atoms with Crippen LogP contribution in [0.25, 0.3) is 0 Å². The average molecular weight is 309 g/mol. The van der Waals surface area contributed by atoms with Crippen LogP contribution in [0.2, 0.25) is 36.3 Å². The van der Waals surface area contributed by atoms with E-state index in [0.29, 0.717) is 0 Å². The van der Waals surface area contributed by atoms with E-state index in [1.807, 2.05) is 20.8 Å². The SMILES string of the molecule is CC[Si](CC)(CC)OC(=C(F)F)[Si](CC)(CC)CC. The van der Waals surface area contributed by atoms with Gasteiger partial charge in [-0.1, -0.05) is 59.7 Å². The van der Waals surface area contributed by atoms with Gasteiger partial charge in [0.05, 0.1) is 0 Å². The van der Waals surface area contributed by atoms with Gasteiger partial charge in [0.1, 0.15) is 13.5 Å². The molecule has 114 valence electrons. The molecule has 0 amide bonds. The molecule has 0 saturated carbocycles. The molecule has 0 bridgehead atoms. The summed E-state index contributed by atoms with van der Waals surface area (Å²) in [5, 5.41) is 0.136. The van der Waals surface area contributed by atoms with Gasteiger partial charge < -0.3 is 4.43 Å². The van der Waals surface area contributed by atoms with Gasteiger partial charge in [-0.25, -0.2) is 0 Å². The quantitative estimate of drug-likeness (QED) is 0.366. The number of hydrogen-bond acceptors (Lipinski definition) is 1. The molecule has 5 heteroatoms. The van der Waals surface area contributed by atoms with Crippen LogP contribution in [0.1, 0.15) is 41.5 Å². The zero-order valence-electron chi connectivity index (χ0n) is 13.4. The van der Waals surface area contributed by atoms with Crippen molar-refractivity contribution in [3.8, 4) is 0 Å². The Morgan fingerprint density at radius 3 is 1.32 bits per heavy atom. The topological polar surface area (TPSA) is 9.23 Å². The Morgan fingerprint density at radius 1 is 0.737 bits per heavy atom. The van der Waals surface area contributed by atoms with E-state index >= 15 is 0 Å². The van der Waals surface area contributed by atoms with Crippen molar-refractivity contribution in [2.24, 2.45) is 0 Å². The molecule has 0 spiro atoms. The van der Waals surface area contributed by atoms with Crippen LogP contribution < -0.4 is 0 Å². The highest BCUT2D eigenvalue weighted by Crippen LogP contribution is 2.37. The highest BCUT2D eigenvalue weighted by Gasteiger charge is 2.42. The first-order chi connectivity index (χ1) is 8.90. The van der Waals surface area contributed by atoms with Crippen molar-refractivity contribution in [2.75, 3.05) is 0 Å². The predicted octanol–water partition coefficient (Wildman–Crippen LogP) is 6.16. The van der Waals surface area contributed by atoms with E-state index in [1.54, 1.807) is 0 Å². The normalized spacial score (nSPS) is 12.4. The second-order valence-electron chi connectivity index (χ2n) is 5.28. The molecular weight excluding hydrogens is 278 g/mol. The largest absolute Gasteiger partial charge is 0.546 e. The summed E-state index contributed by atoms with van der Waals surface area (Å²) < 4.78 is 33.1. The molecule has 0 unspecified atom stereocenters. The zero-order chi connectivity index (χ0) is 15.1. The molecule has 0 aliphatic rings. The molecule has 0 rings (SSSR count). The number of rotatable bonds is 9. The first-order valence-electron chi connectivity index (χ1n) is 7.65. The molecule has 0 aromatic heterocycles. The second-order valence-corrected chi connectivity index (χ2v) is 15.1. The zero-order valence-corrected chi connectivity index (χ0v) is 15.4. The van der Waals surface area contributed by atoms with Gasteiger partial charge in [-0.15, -0.1) is 0 Å². The lowest BCUT2D eigenvalue weighted by Crippen LogP contribution is -2.44. The van der Waals surface area contributed by atoms with Gasteiger partial charge in [-0.2, -0.15) is 8.78 Å². The van der Waals surface area contributed by atoms with E-state index in [2.05, 4.69) is 20.8 Å². The predicted molar refractivity (Wildman–Crippen MR) is 84.7 cm³/mol. The fourth-order valence-corrected chi connectivity index (χ4v) is 9.58. The molecule has 0 atom stereocenters. The van der Waals surface area contributed by atoms with Crippen LogP contribution >= 0.6 is 0 Å². The van der Waals surface area contributed by atoms with E-state index in [-0.39, 0.29) is 5.38 Å². The maximum Gasteiger partial charge on any atom is 0.300 e. The Bertz CT molecular complexity index is 277. The molecule has 0 N–H and O–H groups in total. The molecule has 19 heavy (non-hydrogen) atoms. The third kappa shape index (κ3) is 4.15. The van der Waals surface area contributed by atoms with Crippen molar-refractivity contribution in [3.63, 3.8) is 0 Å². The average Bonchev–Trinajstić information content (AvgIpc) is 2.45. The smallest absolute Gasteiger partial charge is 0.300 e. The molecule has 0 aliphatic heterocycles. The molecule has 0 radical (unpaired) electrons. The van der Waals surface area contributed by atoms with E-state index in [0.717, 1.165) is 36.3 Å². The van der Waals surface area contributed by atoms with Crippen LogP contribution in [0.4, 0.5) is 8.78 Å². The van der Waals surface area contributed by atoms with E-state index < -0.39 is 22.5 Å². The molecule has 0 aliphatic carbocycles. The van der Waals surface area contributed by atoms with Gasteiger partial charge in [0.25, 0.3) is 0 Å². The van der Waals surface area contributed by atoms with Crippen molar-refractivity contribution in [3.05, 3.63) is 11.5 Å². The summed E-state index contributed by atoms with van der Waals surface area (Å²) in [4.78, 5) is 0. The molecule has 0 fully saturated rings. The van der Waals surface area contributed by atoms with Crippen molar-refractivity contribution >= 4 is 16.4 Å². The lowest BCUT2D eigenvalue weighted by molar-refractivity contribution is 0.338. The summed E-state index contributed by atoms with van der Waals surface area (Å²) in [6, 6.07) is 5.27. The highest BCUT2D eigenvalue weighted by atomic mass is 28.4. The number of hydrogen-bond donors (Lipinski definition) is 0. The standard InChI is InChI=1S/C14H30F2OSi2/c1-7-18(8-2,9-3)14(13(15)16)17-19(10-4,11-5)12-6/h7-12H2,1-6H3. The fraction of sp³-hybridized carbons (Fsp3) is 0.857. The molecule has 0 saturated heterocycles. The van der Waals surface area contributed by atoms with E-state index in [9.17, 15) is 8.78 Å². The van der Waals surface area contributed by atoms with Crippen LogP contribution in [-0.4, -0.2) is 16.4 Å². The van der Waals surface area contributed by atoms with Crippen LogP contribution in [0.3, 0.4) is 0 Å². The number of halogens is 2. The third-order valence-electron chi connectivity index (χ3n) is 4.94. The summed E-state index contributed by atoms with van der Waals surface area (Å²) in [5.74, 6) is 0. The van der Waals surface area contributed by atoms with Gasteiger partial charge in [0.15, 0.2) is 0 Å². The Balaban J connectivity index is 5.54. The monoisotopic (exact) mass is 308 g/mol. The van der Waals surface area contributed by atoms with Gasteiger partial charge in [0.2, 0.25) is 8.32 Å². The fourth-order valence-electron chi connectivity index (χ4n) is 2.76. The maximum absolute atomic E-state index is 13.5. The van der Waals surface area contributed by atoms with Gasteiger partial charge >= 0.3 is 6.08 Å². The van der Waals surface area contributed by atoms with Crippen molar-refractivity contribution < 1.29 is 13.2 Å². The Hall–Kier alpha value is -0.166. The van der Waals surface area contributed by atoms with Crippen molar-refractivity contribution in [1.82, 2.24) is 0 Å². The maximum atomic E-state index is 13.5. The first-order valence-corrected chi connectivity index (χ1v) is 12.8. The van der Waals surface area contributed by atoms with Crippen LogP contribution in [0.5, 0.6) is 0 Å². The summed E-state index contributed by atoms with van der Waals surface area (Å²) in [5.41, 5.74) is 0. The van der Waals surface area contributed by atoms with Crippen molar-refractivity contribution in [2.45, 2.75) is 77.8 Å². The van der Waals surface area contributed by atoms with Crippen molar-refractivity contribution in [1.29, 1.82) is 0 Å². The Labute approximate surface area is 119 Å². The lowest BCUT2D eigenvalue weighted by atomic mass is 10.9. The summed E-state index contributed by atoms with van der Waals surface area (Å²) in [6.07, 6.45) is -1.55. The van der Waals surface area contributed by atoms with Gasteiger partial charge in [-0.05, 0) is 18.1 Å². The summed E-state index contributed by atoms with van der Waals surface area (Å²) in [7, 11) is -4.13. The lowest BCUT2D eigenvalue weighted by Gasteiger charge is -2.37.